The second-order valence-electron chi connectivity index (χ2n) is 4.21. The standard InChI is InChI=1S/C14H20ClNO3/c1-3-16(9-4-10-17)14(18)11(2)19-13-7-5-12(15)6-8-13/h5-8,11,17H,3-4,9-10H2,1-2H3. The summed E-state index contributed by atoms with van der Waals surface area (Å²) in [4.78, 5) is 13.8. The molecule has 0 aromatic heterocycles. The Morgan fingerprint density at radius 3 is 2.58 bits per heavy atom. The van der Waals surface area contributed by atoms with Crippen LogP contribution in [0.1, 0.15) is 20.3 Å². The molecule has 5 heteroatoms. The maximum atomic E-state index is 12.1. The van der Waals surface area contributed by atoms with Crippen LogP contribution in [0, 0.1) is 0 Å². The molecule has 0 fully saturated rings. The minimum atomic E-state index is -0.556. The minimum Gasteiger partial charge on any atom is -0.481 e. The van der Waals surface area contributed by atoms with Gasteiger partial charge in [0.05, 0.1) is 0 Å². The molecular formula is C14H20ClNO3. The summed E-state index contributed by atoms with van der Waals surface area (Å²) in [5.74, 6) is 0.536. The van der Waals surface area contributed by atoms with Crippen molar-refractivity contribution in [3.63, 3.8) is 0 Å². The number of likely N-dealkylation sites (N-methyl/N-ethyl adjacent to an activating group) is 1. The van der Waals surface area contributed by atoms with Crippen molar-refractivity contribution in [2.45, 2.75) is 26.4 Å². The molecule has 0 heterocycles. The van der Waals surface area contributed by atoms with Gasteiger partial charge in [0.15, 0.2) is 6.10 Å². The van der Waals surface area contributed by atoms with Gasteiger partial charge in [0.25, 0.3) is 5.91 Å². The third-order valence-corrected chi connectivity index (χ3v) is 3.01. The lowest BCUT2D eigenvalue weighted by molar-refractivity contribution is -0.137. The lowest BCUT2D eigenvalue weighted by Crippen LogP contribution is -2.41. The van der Waals surface area contributed by atoms with Crippen molar-refractivity contribution >= 4 is 17.5 Å². The van der Waals surface area contributed by atoms with Crippen molar-refractivity contribution in [1.82, 2.24) is 4.90 Å². The summed E-state index contributed by atoms with van der Waals surface area (Å²) in [7, 11) is 0. The number of hydrogen-bond donors (Lipinski definition) is 1. The molecule has 1 aromatic rings. The maximum absolute atomic E-state index is 12.1. The first kappa shape index (κ1) is 15.8. The van der Waals surface area contributed by atoms with Gasteiger partial charge in [0.2, 0.25) is 0 Å². The predicted molar refractivity (Wildman–Crippen MR) is 75.5 cm³/mol. The zero-order valence-corrected chi connectivity index (χ0v) is 12.1. The van der Waals surface area contributed by atoms with E-state index in [0.717, 1.165) is 0 Å². The minimum absolute atomic E-state index is 0.0779. The highest BCUT2D eigenvalue weighted by Crippen LogP contribution is 2.17. The fourth-order valence-corrected chi connectivity index (χ4v) is 1.84. The van der Waals surface area contributed by atoms with Gasteiger partial charge in [-0.05, 0) is 44.5 Å². The van der Waals surface area contributed by atoms with Gasteiger partial charge < -0.3 is 14.7 Å². The van der Waals surface area contributed by atoms with E-state index >= 15 is 0 Å². The van der Waals surface area contributed by atoms with E-state index in [2.05, 4.69) is 0 Å². The van der Waals surface area contributed by atoms with Gasteiger partial charge in [-0.2, -0.15) is 0 Å². The number of ether oxygens (including phenoxy) is 1. The number of amides is 1. The normalized spacial score (nSPS) is 12.0. The quantitative estimate of drug-likeness (QED) is 0.836. The Labute approximate surface area is 118 Å². The summed E-state index contributed by atoms with van der Waals surface area (Å²) in [6.45, 7) is 4.85. The summed E-state index contributed by atoms with van der Waals surface area (Å²) in [5, 5.41) is 9.44. The molecule has 1 atom stereocenters. The number of carbonyl (C=O) groups is 1. The van der Waals surface area contributed by atoms with Gasteiger partial charge in [0, 0.05) is 24.7 Å². The first-order chi connectivity index (χ1) is 9.08. The summed E-state index contributed by atoms with van der Waals surface area (Å²) in [6.07, 6.45) is 0.0209. The Morgan fingerprint density at radius 2 is 2.05 bits per heavy atom. The number of hydrogen-bond acceptors (Lipinski definition) is 3. The fraction of sp³-hybridized carbons (Fsp3) is 0.500. The van der Waals surface area contributed by atoms with Crippen LogP contribution in [0.15, 0.2) is 24.3 Å². The van der Waals surface area contributed by atoms with E-state index in [1.54, 1.807) is 36.1 Å². The predicted octanol–water partition coefficient (Wildman–Crippen LogP) is 2.34. The fourth-order valence-electron chi connectivity index (χ4n) is 1.71. The van der Waals surface area contributed by atoms with E-state index in [9.17, 15) is 4.79 Å². The lowest BCUT2D eigenvalue weighted by atomic mass is 10.3. The molecule has 1 aromatic carbocycles. The Hall–Kier alpha value is -1.26. The van der Waals surface area contributed by atoms with Gasteiger partial charge in [-0.3, -0.25) is 4.79 Å². The molecule has 0 radical (unpaired) electrons. The van der Waals surface area contributed by atoms with Gasteiger partial charge in [0.1, 0.15) is 5.75 Å². The van der Waals surface area contributed by atoms with Crippen LogP contribution in [0.4, 0.5) is 0 Å². The summed E-state index contributed by atoms with van der Waals surface area (Å²) in [6, 6.07) is 6.90. The van der Waals surface area contributed by atoms with E-state index in [4.69, 9.17) is 21.4 Å². The second kappa shape index (κ2) is 8.02. The van der Waals surface area contributed by atoms with Crippen molar-refractivity contribution < 1.29 is 14.6 Å². The second-order valence-corrected chi connectivity index (χ2v) is 4.65. The lowest BCUT2D eigenvalue weighted by Gasteiger charge is -2.24. The molecule has 0 bridgehead atoms. The Morgan fingerprint density at radius 1 is 1.42 bits per heavy atom. The van der Waals surface area contributed by atoms with Gasteiger partial charge >= 0.3 is 0 Å². The molecule has 1 rings (SSSR count). The third kappa shape index (κ3) is 5.09. The van der Waals surface area contributed by atoms with Crippen molar-refractivity contribution in [2.24, 2.45) is 0 Å². The first-order valence-electron chi connectivity index (χ1n) is 6.40. The molecule has 0 aliphatic heterocycles. The maximum Gasteiger partial charge on any atom is 0.263 e. The zero-order chi connectivity index (χ0) is 14.3. The van der Waals surface area contributed by atoms with Crippen LogP contribution in [-0.2, 0) is 4.79 Å². The van der Waals surface area contributed by atoms with E-state index in [0.29, 0.717) is 30.3 Å². The topological polar surface area (TPSA) is 49.8 Å². The first-order valence-corrected chi connectivity index (χ1v) is 6.78. The van der Waals surface area contributed by atoms with Crippen LogP contribution in [0.2, 0.25) is 5.02 Å². The Balaban J connectivity index is 2.57. The average molecular weight is 286 g/mol. The highest BCUT2D eigenvalue weighted by molar-refractivity contribution is 6.30. The summed E-state index contributed by atoms with van der Waals surface area (Å²) < 4.78 is 5.58. The molecule has 19 heavy (non-hydrogen) atoms. The van der Waals surface area contributed by atoms with Crippen molar-refractivity contribution in [2.75, 3.05) is 19.7 Å². The molecule has 106 valence electrons. The molecule has 0 saturated carbocycles. The van der Waals surface area contributed by atoms with E-state index < -0.39 is 6.10 Å². The molecule has 1 amide bonds. The number of nitrogens with zero attached hydrogens (tertiary/aromatic N) is 1. The van der Waals surface area contributed by atoms with Crippen LogP contribution >= 0.6 is 11.6 Å². The molecule has 0 spiro atoms. The number of aliphatic hydroxyl groups excluding tert-OH is 1. The molecule has 0 aliphatic rings. The van der Waals surface area contributed by atoms with E-state index in [-0.39, 0.29) is 12.5 Å². The summed E-state index contributed by atoms with van der Waals surface area (Å²) >= 11 is 5.79. The molecule has 4 nitrogen and oxygen atoms in total. The number of carbonyl (C=O) groups excluding carboxylic acids is 1. The Kier molecular flexibility index (Phi) is 6.67. The van der Waals surface area contributed by atoms with Crippen LogP contribution < -0.4 is 4.74 Å². The van der Waals surface area contributed by atoms with E-state index in [1.807, 2.05) is 6.92 Å². The molecule has 1 N–H and O–H groups in total. The molecular weight excluding hydrogens is 266 g/mol. The van der Waals surface area contributed by atoms with Crippen molar-refractivity contribution in [1.29, 1.82) is 0 Å². The van der Waals surface area contributed by atoms with Crippen LogP contribution in [-0.4, -0.2) is 41.7 Å². The number of halogens is 1. The smallest absolute Gasteiger partial charge is 0.263 e. The summed E-state index contributed by atoms with van der Waals surface area (Å²) in [5.41, 5.74) is 0. The Bertz CT molecular complexity index is 394. The van der Waals surface area contributed by atoms with Crippen molar-refractivity contribution in [3.05, 3.63) is 29.3 Å². The number of benzene rings is 1. The third-order valence-electron chi connectivity index (χ3n) is 2.75. The highest BCUT2D eigenvalue weighted by atomic mass is 35.5. The molecule has 1 unspecified atom stereocenters. The van der Waals surface area contributed by atoms with Crippen LogP contribution in [0.3, 0.4) is 0 Å². The van der Waals surface area contributed by atoms with Gasteiger partial charge in [-0.15, -0.1) is 0 Å². The number of aliphatic hydroxyl groups is 1. The average Bonchev–Trinajstić information content (AvgIpc) is 2.42. The SMILES string of the molecule is CCN(CCCO)C(=O)C(C)Oc1ccc(Cl)cc1. The van der Waals surface area contributed by atoms with Gasteiger partial charge in [-0.1, -0.05) is 11.6 Å². The molecule has 0 saturated heterocycles. The highest BCUT2D eigenvalue weighted by Gasteiger charge is 2.20. The number of rotatable bonds is 7. The van der Waals surface area contributed by atoms with Gasteiger partial charge in [-0.25, -0.2) is 0 Å². The van der Waals surface area contributed by atoms with Crippen molar-refractivity contribution in [3.8, 4) is 5.75 Å². The monoisotopic (exact) mass is 285 g/mol. The largest absolute Gasteiger partial charge is 0.481 e. The molecule has 0 aliphatic carbocycles. The van der Waals surface area contributed by atoms with Crippen LogP contribution in [0.5, 0.6) is 5.75 Å². The zero-order valence-electron chi connectivity index (χ0n) is 11.3. The van der Waals surface area contributed by atoms with E-state index in [1.165, 1.54) is 0 Å². The van der Waals surface area contributed by atoms with Crippen LogP contribution in [0.25, 0.3) is 0 Å².